The minimum Gasteiger partial charge on any atom is -0.394 e. The number of nitrogens with one attached hydrogen (secondary N) is 2. The molecule has 3 amide bonds. The number of carbonyl (C=O) groups is 3. The number of fused-ring (bicyclic) bond motifs is 1. The minimum absolute atomic E-state index is 0.0356. The molecule has 6 atom stereocenters. The molecule has 0 aromatic rings. The molecule has 0 aromatic heterocycles. The van der Waals surface area contributed by atoms with Crippen molar-refractivity contribution < 1.29 is 19.5 Å². The molecule has 3 aliphatic rings. The van der Waals surface area contributed by atoms with Crippen LogP contribution in [-0.4, -0.2) is 59.5 Å². The highest BCUT2D eigenvalue weighted by molar-refractivity contribution is 5.97. The van der Waals surface area contributed by atoms with E-state index >= 15 is 0 Å². The lowest BCUT2D eigenvalue weighted by Gasteiger charge is -2.34. The van der Waals surface area contributed by atoms with Crippen LogP contribution in [0.3, 0.4) is 0 Å². The zero-order valence-corrected chi connectivity index (χ0v) is 17.8. The van der Waals surface area contributed by atoms with Crippen LogP contribution in [-0.2, 0) is 14.4 Å². The Morgan fingerprint density at radius 3 is 2.48 bits per heavy atom. The predicted octanol–water partition coefficient (Wildman–Crippen LogP) is 1.22. The van der Waals surface area contributed by atoms with Crippen molar-refractivity contribution in [2.75, 3.05) is 13.7 Å². The van der Waals surface area contributed by atoms with E-state index in [1.807, 2.05) is 19.1 Å². The number of carbonyl (C=O) groups excluding carboxylic acids is 3. The van der Waals surface area contributed by atoms with Gasteiger partial charge in [0.2, 0.25) is 17.7 Å². The van der Waals surface area contributed by atoms with Crippen LogP contribution in [0.5, 0.6) is 0 Å². The Balaban J connectivity index is 1.93. The number of hydrogen-bond donors (Lipinski definition) is 3. The molecule has 7 nitrogen and oxygen atoms in total. The van der Waals surface area contributed by atoms with E-state index in [-0.39, 0.29) is 42.2 Å². The molecular weight excluding hydrogens is 370 g/mol. The van der Waals surface area contributed by atoms with E-state index in [4.69, 9.17) is 0 Å². The molecule has 0 spiro atoms. The SMILES string of the molecule is CC[C@@H]1C=C[C@H]2[C@@H](C(=O)N([C@H](C)CO)[C@@H]2C(=O)NC2CCCCC2)[C@@H]1C(=O)NC. The first-order valence-corrected chi connectivity index (χ1v) is 11.1. The van der Waals surface area contributed by atoms with E-state index in [0.29, 0.717) is 0 Å². The Hall–Kier alpha value is -1.89. The molecular formula is C22H35N3O4. The summed E-state index contributed by atoms with van der Waals surface area (Å²) in [4.78, 5) is 41.0. The maximum absolute atomic E-state index is 13.5. The van der Waals surface area contributed by atoms with E-state index < -0.39 is 23.9 Å². The number of allylic oxidation sites excluding steroid dienone is 1. The Kier molecular flexibility index (Phi) is 6.98. The Labute approximate surface area is 173 Å². The highest BCUT2D eigenvalue weighted by atomic mass is 16.3. The van der Waals surface area contributed by atoms with Crippen molar-refractivity contribution >= 4 is 17.7 Å². The second-order valence-corrected chi connectivity index (χ2v) is 8.77. The molecule has 3 rings (SSSR count). The van der Waals surface area contributed by atoms with Crippen LogP contribution in [0, 0.1) is 23.7 Å². The molecule has 0 bridgehead atoms. The monoisotopic (exact) mass is 405 g/mol. The zero-order chi connectivity index (χ0) is 21.1. The second-order valence-electron chi connectivity index (χ2n) is 8.77. The van der Waals surface area contributed by atoms with Crippen molar-refractivity contribution in [1.29, 1.82) is 0 Å². The van der Waals surface area contributed by atoms with Gasteiger partial charge in [-0.1, -0.05) is 38.3 Å². The third-order valence-corrected chi connectivity index (χ3v) is 7.03. The standard InChI is InChI=1S/C22H35N3O4/c1-4-14-10-11-16-18(17(14)20(27)23-3)22(29)25(13(2)12-26)19(16)21(28)24-15-8-6-5-7-9-15/h10-11,13-19,26H,4-9,12H2,1-3H3,(H,23,27)(H,24,28)/t13-,14-,16+,17-,18-,19+/m1/s1. The van der Waals surface area contributed by atoms with Crippen LogP contribution in [0.15, 0.2) is 12.2 Å². The number of amides is 3. The molecule has 0 radical (unpaired) electrons. The lowest BCUT2D eigenvalue weighted by Crippen LogP contribution is -2.53. The summed E-state index contributed by atoms with van der Waals surface area (Å²) < 4.78 is 0. The van der Waals surface area contributed by atoms with Crippen molar-refractivity contribution in [3.8, 4) is 0 Å². The highest BCUT2D eigenvalue weighted by Crippen LogP contribution is 2.45. The summed E-state index contributed by atoms with van der Waals surface area (Å²) >= 11 is 0. The fraction of sp³-hybridized carbons (Fsp3) is 0.773. The number of aliphatic hydroxyl groups is 1. The van der Waals surface area contributed by atoms with Crippen molar-refractivity contribution in [2.45, 2.75) is 70.5 Å². The van der Waals surface area contributed by atoms with Crippen LogP contribution < -0.4 is 10.6 Å². The Bertz CT molecular complexity index is 658. The lowest BCUT2D eigenvalue weighted by molar-refractivity contribution is -0.143. The fourth-order valence-electron chi connectivity index (χ4n) is 5.46. The average molecular weight is 406 g/mol. The Morgan fingerprint density at radius 2 is 1.90 bits per heavy atom. The van der Waals surface area contributed by atoms with E-state index in [0.717, 1.165) is 32.1 Å². The highest BCUT2D eigenvalue weighted by Gasteiger charge is 2.57. The van der Waals surface area contributed by atoms with Gasteiger partial charge >= 0.3 is 0 Å². The molecule has 162 valence electrons. The fourth-order valence-corrected chi connectivity index (χ4v) is 5.46. The first kappa shape index (κ1) is 21.8. The van der Waals surface area contributed by atoms with Crippen molar-refractivity contribution in [3.63, 3.8) is 0 Å². The van der Waals surface area contributed by atoms with Crippen LogP contribution in [0.4, 0.5) is 0 Å². The summed E-state index contributed by atoms with van der Waals surface area (Å²) in [5.74, 6) is -1.97. The molecule has 29 heavy (non-hydrogen) atoms. The van der Waals surface area contributed by atoms with Crippen molar-refractivity contribution in [1.82, 2.24) is 15.5 Å². The average Bonchev–Trinajstić information content (AvgIpc) is 3.05. The van der Waals surface area contributed by atoms with Crippen LogP contribution in [0.2, 0.25) is 0 Å². The van der Waals surface area contributed by atoms with E-state index in [1.165, 1.54) is 11.3 Å². The maximum Gasteiger partial charge on any atom is 0.243 e. The third-order valence-electron chi connectivity index (χ3n) is 7.03. The normalized spacial score (nSPS) is 33.3. The van der Waals surface area contributed by atoms with Gasteiger partial charge in [0.05, 0.1) is 24.5 Å². The van der Waals surface area contributed by atoms with Crippen LogP contribution in [0.1, 0.15) is 52.4 Å². The molecule has 1 saturated heterocycles. The van der Waals surface area contributed by atoms with Crippen LogP contribution >= 0.6 is 0 Å². The molecule has 1 heterocycles. The van der Waals surface area contributed by atoms with E-state index in [9.17, 15) is 19.5 Å². The van der Waals surface area contributed by atoms with Gasteiger partial charge in [-0.15, -0.1) is 0 Å². The predicted molar refractivity (Wildman–Crippen MR) is 110 cm³/mol. The largest absolute Gasteiger partial charge is 0.394 e. The van der Waals surface area contributed by atoms with Gasteiger partial charge in [-0.25, -0.2) is 0 Å². The molecule has 3 N–H and O–H groups in total. The topological polar surface area (TPSA) is 98.7 Å². The molecule has 1 saturated carbocycles. The summed E-state index contributed by atoms with van der Waals surface area (Å²) in [7, 11) is 1.59. The van der Waals surface area contributed by atoms with Gasteiger partial charge in [0, 0.05) is 19.0 Å². The maximum atomic E-state index is 13.5. The van der Waals surface area contributed by atoms with Gasteiger partial charge in [-0.2, -0.15) is 0 Å². The first-order valence-electron chi connectivity index (χ1n) is 11.1. The molecule has 2 aliphatic carbocycles. The number of rotatable bonds is 6. The van der Waals surface area contributed by atoms with Crippen molar-refractivity contribution in [3.05, 3.63) is 12.2 Å². The molecule has 2 fully saturated rings. The molecule has 1 aliphatic heterocycles. The summed E-state index contributed by atoms with van der Waals surface area (Å²) in [5.41, 5.74) is 0. The van der Waals surface area contributed by atoms with Crippen LogP contribution in [0.25, 0.3) is 0 Å². The van der Waals surface area contributed by atoms with Crippen molar-refractivity contribution in [2.24, 2.45) is 23.7 Å². The summed E-state index contributed by atoms with van der Waals surface area (Å²) in [6.45, 7) is 3.54. The number of aliphatic hydroxyl groups excluding tert-OH is 1. The minimum atomic E-state index is -0.683. The van der Waals surface area contributed by atoms with Gasteiger partial charge < -0.3 is 20.6 Å². The quantitative estimate of drug-likeness (QED) is 0.579. The summed E-state index contributed by atoms with van der Waals surface area (Å²) in [6, 6.07) is -1.02. The van der Waals surface area contributed by atoms with E-state index in [2.05, 4.69) is 10.6 Å². The van der Waals surface area contributed by atoms with Gasteiger partial charge in [0.25, 0.3) is 0 Å². The zero-order valence-electron chi connectivity index (χ0n) is 17.8. The first-order chi connectivity index (χ1) is 13.9. The molecule has 0 unspecified atom stereocenters. The third kappa shape index (κ3) is 4.06. The number of likely N-dealkylation sites (tertiary alicyclic amines) is 1. The van der Waals surface area contributed by atoms with Gasteiger partial charge in [0.15, 0.2) is 0 Å². The Morgan fingerprint density at radius 1 is 1.21 bits per heavy atom. The molecule has 7 heteroatoms. The molecule has 0 aromatic carbocycles. The lowest BCUT2D eigenvalue weighted by atomic mass is 9.68. The van der Waals surface area contributed by atoms with Gasteiger partial charge in [0.1, 0.15) is 6.04 Å². The smallest absolute Gasteiger partial charge is 0.243 e. The van der Waals surface area contributed by atoms with Gasteiger partial charge in [-0.3, -0.25) is 14.4 Å². The summed E-state index contributed by atoms with van der Waals surface area (Å²) in [5, 5.41) is 15.6. The number of nitrogens with zero attached hydrogens (tertiary/aromatic N) is 1. The van der Waals surface area contributed by atoms with E-state index in [1.54, 1.807) is 14.0 Å². The second kappa shape index (κ2) is 9.28. The number of hydrogen-bond acceptors (Lipinski definition) is 4. The summed E-state index contributed by atoms with van der Waals surface area (Å²) in [6.07, 6.45) is 10.0. The van der Waals surface area contributed by atoms with Gasteiger partial charge in [-0.05, 0) is 32.1 Å².